The average molecular weight is 283 g/mol. The minimum Gasteiger partial charge on any atom is -0.206 e. The Labute approximate surface area is 122 Å². The predicted molar refractivity (Wildman–Crippen MR) is 79.0 cm³/mol. The molecule has 2 aromatic carbocycles. The molecule has 0 bridgehead atoms. The zero-order valence-electron chi connectivity index (χ0n) is 10.9. The number of halogens is 1. The summed E-state index contributed by atoms with van der Waals surface area (Å²) in [7, 11) is 0. The lowest BCUT2D eigenvalue weighted by Crippen LogP contribution is -2.38. The number of thioether (sulfide) groups is 1. The molecule has 0 radical (unpaired) electrons. The van der Waals surface area contributed by atoms with Gasteiger partial charge in [-0.2, -0.15) is 5.26 Å². The zero-order chi connectivity index (χ0) is 14.0. The highest BCUT2D eigenvalue weighted by Crippen LogP contribution is 2.54. The van der Waals surface area contributed by atoms with E-state index in [9.17, 15) is 9.65 Å². The monoisotopic (exact) mass is 283 g/mol. The minimum atomic E-state index is -0.483. The van der Waals surface area contributed by atoms with E-state index in [0.29, 0.717) is 10.8 Å². The molecular weight excluding hydrogens is 269 g/mol. The summed E-state index contributed by atoms with van der Waals surface area (Å²) in [6, 6.07) is 19.3. The van der Waals surface area contributed by atoms with Gasteiger partial charge in [0.1, 0.15) is 10.6 Å². The first-order valence-corrected chi connectivity index (χ1v) is 7.44. The molecule has 0 aliphatic heterocycles. The first kappa shape index (κ1) is 13.2. The van der Waals surface area contributed by atoms with E-state index >= 15 is 0 Å². The van der Waals surface area contributed by atoms with E-state index in [1.807, 2.05) is 24.3 Å². The Kier molecular flexibility index (Phi) is 3.50. The van der Waals surface area contributed by atoms with Crippen LogP contribution in [0, 0.1) is 17.1 Å². The second kappa shape index (κ2) is 5.30. The van der Waals surface area contributed by atoms with Crippen LogP contribution in [0.3, 0.4) is 0 Å². The van der Waals surface area contributed by atoms with Crippen LogP contribution in [0.1, 0.15) is 24.3 Å². The van der Waals surface area contributed by atoms with Crippen LogP contribution in [0.15, 0.2) is 59.5 Å². The zero-order valence-corrected chi connectivity index (χ0v) is 11.7. The Morgan fingerprint density at radius 3 is 2.35 bits per heavy atom. The number of benzene rings is 2. The highest BCUT2D eigenvalue weighted by atomic mass is 32.2. The normalized spacial score (nSPS) is 24.7. The third-order valence-electron chi connectivity index (χ3n) is 3.77. The van der Waals surface area contributed by atoms with Crippen molar-refractivity contribution in [1.82, 2.24) is 0 Å². The van der Waals surface area contributed by atoms with Gasteiger partial charge in [0.15, 0.2) is 0 Å². The third-order valence-corrected chi connectivity index (χ3v) is 5.14. The number of rotatable bonds is 3. The van der Waals surface area contributed by atoms with Crippen LogP contribution in [0.25, 0.3) is 0 Å². The molecule has 3 rings (SSSR count). The quantitative estimate of drug-likeness (QED) is 0.811. The van der Waals surface area contributed by atoms with E-state index in [1.54, 1.807) is 12.1 Å². The summed E-state index contributed by atoms with van der Waals surface area (Å²) in [5.74, 6) is 0.172. The molecule has 0 unspecified atom stereocenters. The van der Waals surface area contributed by atoms with Crippen molar-refractivity contribution in [1.29, 1.82) is 5.26 Å². The second-order valence-corrected chi connectivity index (χ2v) is 6.58. The Morgan fingerprint density at radius 1 is 1.05 bits per heavy atom. The van der Waals surface area contributed by atoms with Crippen molar-refractivity contribution in [2.75, 3.05) is 0 Å². The molecule has 20 heavy (non-hydrogen) atoms. The SMILES string of the molecule is N#CC1(Sc2ccccc2F)CC(c2ccccc2)C1. The highest BCUT2D eigenvalue weighted by Gasteiger charge is 2.46. The molecule has 100 valence electrons. The minimum absolute atomic E-state index is 0.240. The lowest BCUT2D eigenvalue weighted by atomic mass is 9.71. The van der Waals surface area contributed by atoms with Gasteiger partial charge in [-0.15, -0.1) is 11.8 Å². The van der Waals surface area contributed by atoms with Gasteiger partial charge in [-0.1, -0.05) is 42.5 Å². The summed E-state index contributed by atoms with van der Waals surface area (Å²) in [5.41, 5.74) is 1.27. The van der Waals surface area contributed by atoms with Crippen LogP contribution in [-0.2, 0) is 0 Å². The summed E-state index contributed by atoms with van der Waals surface area (Å²) in [6.07, 6.45) is 1.57. The van der Waals surface area contributed by atoms with Crippen LogP contribution in [0.5, 0.6) is 0 Å². The van der Waals surface area contributed by atoms with Gasteiger partial charge in [0.05, 0.1) is 6.07 Å². The Morgan fingerprint density at radius 2 is 1.70 bits per heavy atom. The lowest BCUT2D eigenvalue weighted by Gasteiger charge is -2.42. The second-order valence-electron chi connectivity index (χ2n) is 5.15. The summed E-state index contributed by atoms with van der Waals surface area (Å²) in [5, 5.41) is 9.46. The van der Waals surface area contributed by atoms with Crippen molar-refractivity contribution < 1.29 is 4.39 Å². The fourth-order valence-corrected chi connectivity index (χ4v) is 3.98. The molecule has 1 saturated carbocycles. The summed E-state index contributed by atoms with van der Waals surface area (Å²) in [6.45, 7) is 0. The summed E-state index contributed by atoms with van der Waals surface area (Å²) >= 11 is 1.37. The Balaban J connectivity index is 1.74. The fourth-order valence-electron chi connectivity index (χ4n) is 2.63. The van der Waals surface area contributed by atoms with Crippen LogP contribution < -0.4 is 0 Å². The smallest absolute Gasteiger partial charge is 0.136 e. The van der Waals surface area contributed by atoms with Crippen molar-refractivity contribution in [3.05, 3.63) is 66.0 Å². The van der Waals surface area contributed by atoms with E-state index in [-0.39, 0.29) is 5.82 Å². The molecular formula is C17H14FNS. The molecule has 0 heterocycles. The molecule has 0 spiro atoms. The first-order valence-electron chi connectivity index (χ1n) is 6.62. The first-order chi connectivity index (χ1) is 9.72. The van der Waals surface area contributed by atoms with Crippen molar-refractivity contribution in [2.24, 2.45) is 0 Å². The van der Waals surface area contributed by atoms with Crippen LogP contribution in [-0.4, -0.2) is 4.75 Å². The molecule has 0 amide bonds. The molecule has 0 N–H and O–H groups in total. The molecule has 0 atom stereocenters. The molecule has 1 aliphatic carbocycles. The fraction of sp³-hybridized carbons (Fsp3) is 0.235. The standard InChI is InChI=1S/C17H14FNS/c18-15-8-4-5-9-16(15)20-17(12-19)10-14(11-17)13-6-2-1-3-7-13/h1-9,14H,10-11H2. The van der Waals surface area contributed by atoms with E-state index in [2.05, 4.69) is 18.2 Å². The van der Waals surface area contributed by atoms with E-state index in [4.69, 9.17) is 0 Å². The molecule has 1 aliphatic rings. The predicted octanol–water partition coefficient (Wildman–Crippen LogP) is 4.76. The summed E-state index contributed by atoms with van der Waals surface area (Å²) < 4.78 is 13.2. The van der Waals surface area contributed by atoms with Gasteiger partial charge in [-0.25, -0.2) is 4.39 Å². The number of hydrogen-bond donors (Lipinski definition) is 0. The Bertz CT molecular complexity index is 642. The van der Waals surface area contributed by atoms with Gasteiger partial charge in [-0.05, 0) is 36.5 Å². The number of nitrogens with zero attached hydrogens (tertiary/aromatic N) is 1. The van der Waals surface area contributed by atoms with Gasteiger partial charge in [0.2, 0.25) is 0 Å². The van der Waals surface area contributed by atoms with Crippen molar-refractivity contribution in [3.63, 3.8) is 0 Å². The molecule has 1 nitrogen and oxygen atoms in total. The average Bonchev–Trinajstić information content (AvgIpc) is 2.45. The Hall–Kier alpha value is -1.79. The van der Waals surface area contributed by atoms with Crippen LogP contribution in [0.2, 0.25) is 0 Å². The maximum atomic E-state index is 13.7. The van der Waals surface area contributed by atoms with Crippen molar-refractivity contribution in [3.8, 4) is 6.07 Å². The molecule has 1 fully saturated rings. The molecule has 2 aromatic rings. The van der Waals surface area contributed by atoms with E-state index < -0.39 is 4.75 Å². The topological polar surface area (TPSA) is 23.8 Å². The number of hydrogen-bond acceptors (Lipinski definition) is 2. The van der Waals surface area contributed by atoms with Gasteiger partial charge >= 0.3 is 0 Å². The molecule has 0 saturated heterocycles. The lowest BCUT2D eigenvalue weighted by molar-refractivity contribution is 0.368. The molecule has 0 aromatic heterocycles. The highest BCUT2D eigenvalue weighted by molar-refractivity contribution is 8.01. The maximum absolute atomic E-state index is 13.7. The van der Waals surface area contributed by atoms with Crippen LogP contribution >= 0.6 is 11.8 Å². The maximum Gasteiger partial charge on any atom is 0.136 e. The number of nitriles is 1. The van der Waals surface area contributed by atoms with Gasteiger partial charge in [-0.3, -0.25) is 0 Å². The van der Waals surface area contributed by atoms with E-state index in [1.165, 1.54) is 23.4 Å². The van der Waals surface area contributed by atoms with Gasteiger partial charge in [0.25, 0.3) is 0 Å². The van der Waals surface area contributed by atoms with Crippen molar-refractivity contribution >= 4 is 11.8 Å². The van der Waals surface area contributed by atoms with Crippen molar-refractivity contribution in [2.45, 2.75) is 28.4 Å². The third kappa shape index (κ3) is 2.44. The van der Waals surface area contributed by atoms with Gasteiger partial charge < -0.3 is 0 Å². The largest absolute Gasteiger partial charge is 0.206 e. The van der Waals surface area contributed by atoms with Gasteiger partial charge in [0, 0.05) is 4.90 Å². The summed E-state index contributed by atoms with van der Waals surface area (Å²) in [4.78, 5) is 0.570. The van der Waals surface area contributed by atoms with Crippen LogP contribution in [0.4, 0.5) is 4.39 Å². The van der Waals surface area contributed by atoms with E-state index in [0.717, 1.165) is 12.8 Å². The molecule has 3 heteroatoms.